The summed E-state index contributed by atoms with van der Waals surface area (Å²) in [6, 6.07) is 9.12. The maximum absolute atomic E-state index is 11.5. The molecule has 0 aliphatic carbocycles. The second-order valence-corrected chi connectivity index (χ2v) is 5.30. The molecule has 0 saturated carbocycles. The summed E-state index contributed by atoms with van der Waals surface area (Å²) in [5.74, 6) is 0.218. The Balaban J connectivity index is 2.36. The van der Waals surface area contributed by atoms with Crippen LogP contribution in [0.2, 0.25) is 0 Å². The standard InChI is InChI=1S/C10H12N2O3S/c1-12(2)16(13,14)15-10-7-8-5-3-4-6-9(8)11-10/h3-7,11H,1-2H3. The van der Waals surface area contributed by atoms with E-state index >= 15 is 0 Å². The fourth-order valence-corrected chi connectivity index (χ4v) is 1.75. The molecular formula is C10H12N2O3S. The Morgan fingerprint density at radius 1 is 1.25 bits per heavy atom. The first-order valence-electron chi connectivity index (χ1n) is 4.69. The zero-order valence-electron chi connectivity index (χ0n) is 8.97. The van der Waals surface area contributed by atoms with Gasteiger partial charge >= 0.3 is 10.3 Å². The molecule has 0 radical (unpaired) electrons. The summed E-state index contributed by atoms with van der Waals surface area (Å²) in [6.07, 6.45) is 0. The predicted octanol–water partition coefficient (Wildman–Crippen LogP) is 1.35. The van der Waals surface area contributed by atoms with Crippen LogP contribution < -0.4 is 4.18 Å². The molecule has 86 valence electrons. The second kappa shape index (κ2) is 3.80. The third-order valence-electron chi connectivity index (χ3n) is 2.15. The van der Waals surface area contributed by atoms with Crippen molar-refractivity contribution in [3.8, 4) is 5.88 Å². The van der Waals surface area contributed by atoms with E-state index in [1.165, 1.54) is 14.1 Å². The first-order valence-corrected chi connectivity index (χ1v) is 6.05. The van der Waals surface area contributed by atoms with Gasteiger partial charge in [0.2, 0.25) is 5.88 Å². The molecule has 1 aromatic heterocycles. The molecule has 0 aliphatic rings. The van der Waals surface area contributed by atoms with Crippen LogP contribution in [0.15, 0.2) is 30.3 Å². The SMILES string of the molecule is CN(C)S(=O)(=O)Oc1cc2ccccc2[nH]1. The quantitative estimate of drug-likeness (QED) is 0.881. The minimum Gasteiger partial charge on any atom is -0.352 e. The minimum atomic E-state index is -3.70. The Hall–Kier alpha value is -1.53. The van der Waals surface area contributed by atoms with Crippen LogP contribution in [0.4, 0.5) is 0 Å². The van der Waals surface area contributed by atoms with E-state index in [4.69, 9.17) is 4.18 Å². The Labute approximate surface area is 93.9 Å². The normalized spacial score (nSPS) is 12.2. The molecule has 2 rings (SSSR count). The fraction of sp³-hybridized carbons (Fsp3) is 0.200. The maximum atomic E-state index is 11.5. The number of nitrogens with one attached hydrogen (secondary N) is 1. The zero-order valence-corrected chi connectivity index (χ0v) is 9.78. The highest BCUT2D eigenvalue weighted by atomic mass is 32.2. The highest BCUT2D eigenvalue weighted by Gasteiger charge is 2.16. The van der Waals surface area contributed by atoms with Gasteiger partial charge in [0.25, 0.3) is 0 Å². The summed E-state index contributed by atoms with van der Waals surface area (Å²) in [4.78, 5) is 2.88. The van der Waals surface area contributed by atoms with E-state index in [9.17, 15) is 8.42 Å². The summed E-state index contributed by atoms with van der Waals surface area (Å²) in [5.41, 5.74) is 0.839. The number of aromatic amines is 1. The van der Waals surface area contributed by atoms with Gasteiger partial charge in [-0.25, -0.2) is 0 Å². The largest absolute Gasteiger partial charge is 0.386 e. The van der Waals surface area contributed by atoms with Gasteiger partial charge in [-0.1, -0.05) is 18.2 Å². The van der Waals surface area contributed by atoms with Gasteiger partial charge in [-0.3, -0.25) is 0 Å². The van der Waals surface area contributed by atoms with Crippen molar-refractivity contribution in [2.45, 2.75) is 0 Å². The van der Waals surface area contributed by atoms with Crippen LogP contribution >= 0.6 is 0 Å². The first-order chi connectivity index (χ1) is 7.49. The van der Waals surface area contributed by atoms with Gasteiger partial charge in [-0.15, -0.1) is 0 Å². The molecule has 0 atom stereocenters. The number of fused-ring (bicyclic) bond motifs is 1. The van der Waals surface area contributed by atoms with Crippen molar-refractivity contribution in [2.75, 3.05) is 14.1 Å². The number of para-hydroxylation sites is 1. The van der Waals surface area contributed by atoms with Gasteiger partial charge < -0.3 is 9.17 Å². The van der Waals surface area contributed by atoms with E-state index in [-0.39, 0.29) is 5.88 Å². The van der Waals surface area contributed by atoms with Gasteiger partial charge in [-0.05, 0) is 6.07 Å². The Kier molecular flexibility index (Phi) is 2.61. The van der Waals surface area contributed by atoms with Gasteiger partial charge in [-0.2, -0.15) is 12.7 Å². The number of rotatable bonds is 3. The van der Waals surface area contributed by atoms with E-state index in [1.54, 1.807) is 6.07 Å². The lowest BCUT2D eigenvalue weighted by atomic mass is 10.3. The van der Waals surface area contributed by atoms with Crippen molar-refractivity contribution < 1.29 is 12.6 Å². The lowest BCUT2D eigenvalue weighted by Crippen LogP contribution is -2.27. The van der Waals surface area contributed by atoms with E-state index in [1.807, 2.05) is 24.3 Å². The molecule has 2 aromatic rings. The molecule has 0 unspecified atom stereocenters. The lowest BCUT2D eigenvalue weighted by Gasteiger charge is -2.09. The predicted molar refractivity (Wildman–Crippen MR) is 61.5 cm³/mol. The maximum Gasteiger partial charge on any atom is 0.386 e. The molecule has 1 N–H and O–H groups in total. The molecule has 0 saturated heterocycles. The molecule has 0 fully saturated rings. The molecule has 0 bridgehead atoms. The van der Waals surface area contributed by atoms with Gasteiger partial charge in [0.05, 0.1) is 0 Å². The third-order valence-corrected chi connectivity index (χ3v) is 3.43. The van der Waals surface area contributed by atoms with Crippen molar-refractivity contribution >= 4 is 21.2 Å². The lowest BCUT2D eigenvalue weighted by molar-refractivity contribution is 0.416. The topological polar surface area (TPSA) is 62.4 Å². The van der Waals surface area contributed by atoms with Gasteiger partial charge in [0.15, 0.2) is 0 Å². The molecule has 1 aromatic carbocycles. The van der Waals surface area contributed by atoms with Crippen LogP contribution in [-0.4, -0.2) is 31.8 Å². The molecule has 0 spiro atoms. The number of hydrogen-bond acceptors (Lipinski definition) is 3. The number of nitrogens with zero attached hydrogens (tertiary/aromatic N) is 1. The molecule has 6 heteroatoms. The van der Waals surface area contributed by atoms with Crippen molar-refractivity contribution in [2.24, 2.45) is 0 Å². The number of aromatic nitrogens is 1. The summed E-state index contributed by atoms with van der Waals surface area (Å²) in [6.45, 7) is 0. The third kappa shape index (κ3) is 2.02. The Morgan fingerprint density at radius 3 is 2.56 bits per heavy atom. The summed E-state index contributed by atoms with van der Waals surface area (Å²) in [5, 5.41) is 0.909. The minimum absolute atomic E-state index is 0.218. The monoisotopic (exact) mass is 240 g/mol. The van der Waals surface area contributed by atoms with Crippen LogP contribution in [0.3, 0.4) is 0 Å². The van der Waals surface area contributed by atoms with Crippen LogP contribution in [0, 0.1) is 0 Å². The van der Waals surface area contributed by atoms with Crippen molar-refractivity contribution in [3.63, 3.8) is 0 Å². The number of hydrogen-bond donors (Lipinski definition) is 1. The summed E-state index contributed by atoms with van der Waals surface area (Å²) in [7, 11) is -0.867. The summed E-state index contributed by atoms with van der Waals surface area (Å²) >= 11 is 0. The van der Waals surface area contributed by atoms with Crippen LogP contribution in [0.1, 0.15) is 0 Å². The smallest absolute Gasteiger partial charge is 0.352 e. The molecule has 0 aliphatic heterocycles. The second-order valence-electron chi connectivity index (χ2n) is 3.54. The molecule has 0 amide bonds. The van der Waals surface area contributed by atoms with E-state index in [0.717, 1.165) is 15.2 Å². The number of benzene rings is 1. The van der Waals surface area contributed by atoms with Gasteiger partial charge in [0.1, 0.15) is 0 Å². The molecule has 16 heavy (non-hydrogen) atoms. The van der Waals surface area contributed by atoms with Crippen molar-refractivity contribution in [3.05, 3.63) is 30.3 Å². The van der Waals surface area contributed by atoms with E-state index < -0.39 is 10.3 Å². The highest BCUT2D eigenvalue weighted by molar-refractivity contribution is 7.84. The Morgan fingerprint density at radius 2 is 1.94 bits per heavy atom. The molecular weight excluding hydrogens is 228 g/mol. The zero-order chi connectivity index (χ0) is 11.8. The van der Waals surface area contributed by atoms with Crippen molar-refractivity contribution in [1.82, 2.24) is 9.29 Å². The van der Waals surface area contributed by atoms with Gasteiger partial charge in [0, 0.05) is 31.1 Å². The summed E-state index contributed by atoms with van der Waals surface area (Å²) < 4.78 is 28.8. The average molecular weight is 240 g/mol. The van der Waals surface area contributed by atoms with Crippen LogP contribution in [0.5, 0.6) is 5.88 Å². The Bertz CT molecular complexity index is 568. The van der Waals surface area contributed by atoms with E-state index in [2.05, 4.69) is 4.98 Å². The molecule has 5 nitrogen and oxygen atoms in total. The number of H-pyrrole nitrogens is 1. The first kappa shape index (κ1) is 11.0. The van der Waals surface area contributed by atoms with Crippen molar-refractivity contribution in [1.29, 1.82) is 0 Å². The van der Waals surface area contributed by atoms with Crippen LogP contribution in [0.25, 0.3) is 10.9 Å². The average Bonchev–Trinajstić information content (AvgIpc) is 2.58. The highest BCUT2D eigenvalue weighted by Crippen LogP contribution is 2.21. The van der Waals surface area contributed by atoms with E-state index in [0.29, 0.717) is 0 Å². The van der Waals surface area contributed by atoms with Crippen LogP contribution in [-0.2, 0) is 10.3 Å². The molecule has 1 heterocycles. The fourth-order valence-electron chi connectivity index (χ4n) is 1.28.